The van der Waals surface area contributed by atoms with E-state index in [0.717, 1.165) is 18.2 Å². The van der Waals surface area contributed by atoms with Gasteiger partial charge in [-0.1, -0.05) is 58.4 Å². The fraction of sp³-hybridized carbons (Fsp3) is 0.571. The summed E-state index contributed by atoms with van der Waals surface area (Å²) in [6.07, 6.45) is 5.69. The minimum atomic E-state index is -0.501. The molecule has 0 atom stereocenters. The van der Waals surface area contributed by atoms with Crippen molar-refractivity contribution in [2.75, 3.05) is 11.9 Å². The molecular formula is C14H16BrCl2NO3. The molecule has 0 unspecified atom stereocenters. The number of nitrogens with zero attached hydrogens (tertiary/aromatic N) is 1. The maximum atomic E-state index is 11.1. The Hall–Kier alpha value is -0.520. The van der Waals surface area contributed by atoms with Crippen molar-refractivity contribution in [3.05, 3.63) is 32.3 Å². The molecule has 4 nitrogen and oxygen atoms in total. The lowest BCUT2D eigenvalue weighted by Gasteiger charge is -2.35. The van der Waals surface area contributed by atoms with E-state index in [2.05, 4.69) is 15.9 Å². The summed E-state index contributed by atoms with van der Waals surface area (Å²) < 4.78 is 5.75. The number of hydrogen-bond donors (Lipinski definition) is 0. The molecule has 0 aliphatic heterocycles. The van der Waals surface area contributed by atoms with Crippen LogP contribution in [0, 0.1) is 15.5 Å². The molecule has 116 valence electrons. The molecule has 0 spiro atoms. The predicted octanol–water partition coefficient (Wildman–Crippen LogP) is 5.63. The van der Waals surface area contributed by atoms with Crippen molar-refractivity contribution in [1.82, 2.24) is 0 Å². The average molecular weight is 397 g/mol. The fourth-order valence-electron chi connectivity index (χ4n) is 2.63. The summed E-state index contributed by atoms with van der Waals surface area (Å²) in [6, 6.07) is 2.66. The number of nitro benzene ring substituents is 1. The first-order valence-corrected chi connectivity index (χ1v) is 8.67. The van der Waals surface area contributed by atoms with Gasteiger partial charge in [-0.05, 0) is 12.8 Å². The Morgan fingerprint density at radius 2 is 1.86 bits per heavy atom. The van der Waals surface area contributed by atoms with Gasteiger partial charge >= 0.3 is 5.69 Å². The summed E-state index contributed by atoms with van der Waals surface area (Å²) in [5.74, 6) is 0.181. The van der Waals surface area contributed by atoms with Crippen LogP contribution >= 0.6 is 39.1 Å². The third-order valence-electron chi connectivity index (χ3n) is 3.93. The maximum absolute atomic E-state index is 11.1. The van der Waals surface area contributed by atoms with Gasteiger partial charge in [0, 0.05) is 22.9 Å². The SMILES string of the molecule is O=[N+]([O-])c1cc(Cl)c(Cl)cc1OCC1(CBr)CCCCC1. The molecule has 1 aromatic carbocycles. The normalized spacial score (nSPS) is 17.5. The van der Waals surface area contributed by atoms with E-state index in [9.17, 15) is 10.1 Å². The number of halogens is 3. The summed E-state index contributed by atoms with van der Waals surface area (Å²) in [5.41, 5.74) is -0.108. The van der Waals surface area contributed by atoms with Crippen LogP contribution in [0.1, 0.15) is 32.1 Å². The van der Waals surface area contributed by atoms with Gasteiger partial charge in [-0.15, -0.1) is 0 Å². The number of nitro groups is 1. The van der Waals surface area contributed by atoms with E-state index >= 15 is 0 Å². The lowest BCUT2D eigenvalue weighted by Crippen LogP contribution is -2.32. The summed E-state index contributed by atoms with van der Waals surface area (Å²) in [4.78, 5) is 10.6. The zero-order valence-corrected chi connectivity index (χ0v) is 14.5. The Kier molecular flexibility index (Phi) is 5.74. The second kappa shape index (κ2) is 7.16. The van der Waals surface area contributed by atoms with Gasteiger partial charge in [0.25, 0.3) is 0 Å². The Balaban J connectivity index is 2.18. The summed E-state index contributed by atoms with van der Waals surface area (Å²) in [7, 11) is 0. The molecule has 0 radical (unpaired) electrons. The van der Waals surface area contributed by atoms with Gasteiger partial charge in [0.05, 0.1) is 21.6 Å². The lowest BCUT2D eigenvalue weighted by molar-refractivity contribution is -0.385. The Labute approximate surface area is 142 Å². The molecule has 1 fully saturated rings. The summed E-state index contributed by atoms with van der Waals surface area (Å²) >= 11 is 15.3. The molecule has 1 aliphatic carbocycles. The first kappa shape index (κ1) is 16.8. The first-order valence-electron chi connectivity index (χ1n) is 6.80. The molecule has 0 bridgehead atoms. The molecule has 21 heavy (non-hydrogen) atoms. The largest absolute Gasteiger partial charge is 0.486 e. The zero-order chi connectivity index (χ0) is 15.5. The van der Waals surface area contributed by atoms with E-state index in [4.69, 9.17) is 27.9 Å². The van der Waals surface area contributed by atoms with E-state index < -0.39 is 4.92 Å². The molecule has 0 aromatic heterocycles. The molecule has 1 saturated carbocycles. The van der Waals surface area contributed by atoms with Crippen molar-refractivity contribution in [1.29, 1.82) is 0 Å². The van der Waals surface area contributed by atoms with Crippen molar-refractivity contribution < 1.29 is 9.66 Å². The quantitative estimate of drug-likeness (QED) is 0.368. The number of hydrogen-bond acceptors (Lipinski definition) is 3. The summed E-state index contributed by atoms with van der Waals surface area (Å²) in [6.45, 7) is 0.442. The molecule has 0 amide bonds. The number of rotatable bonds is 5. The third-order valence-corrected chi connectivity index (χ3v) is 5.84. The Morgan fingerprint density at radius 1 is 1.24 bits per heavy atom. The van der Waals surface area contributed by atoms with Gasteiger partial charge < -0.3 is 4.74 Å². The topological polar surface area (TPSA) is 52.4 Å². The van der Waals surface area contributed by atoms with Crippen molar-refractivity contribution in [3.8, 4) is 5.75 Å². The van der Waals surface area contributed by atoms with Gasteiger partial charge in [0.1, 0.15) is 0 Å². The molecule has 0 N–H and O–H groups in total. The van der Waals surface area contributed by atoms with Crippen molar-refractivity contribution in [2.24, 2.45) is 5.41 Å². The average Bonchev–Trinajstić information content (AvgIpc) is 2.48. The van der Waals surface area contributed by atoms with Crippen LogP contribution in [0.5, 0.6) is 5.75 Å². The zero-order valence-electron chi connectivity index (χ0n) is 11.4. The molecule has 7 heteroatoms. The van der Waals surface area contributed by atoms with Crippen LogP contribution in [-0.2, 0) is 0 Å². The molecule has 1 aliphatic rings. The van der Waals surface area contributed by atoms with Crippen LogP contribution < -0.4 is 4.74 Å². The van der Waals surface area contributed by atoms with Crippen LogP contribution in [0.25, 0.3) is 0 Å². The van der Waals surface area contributed by atoms with Crippen molar-refractivity contribution in [3.63, 3.8) is 0 Å². The highest BCUT2D eigenvalue weighted by molar-refractivity contribution is 9.09. The highest BCUT2D eigenvalue weighted by Gasteiger charge is 2.33. The van der Waals surface area contributed by atoms with E-state index in [1.807, 2.05) is 0 Å². The maximum Gasteiger partial charge on any atom is 0.312 e. The Bertz CT molecular complexity index is 533. The monoisotopic (exact) mass is 395 g/mol. The van der Waals surface area contributed by atoms with Gasteiger partial charge in [-0.2, -0.15) is 0 Å². The van der Waals surface area contributed by atoms with Crippen molar-refractivity contribution >= 4 is 44.8 Å². The van der Waals surface area contributed by atoms with E-state index in [1.54, 1.807) is 0 Å². The predicted molar refractivity (Wildman–Crippen MR) is 87.9 cm³/mol. The van der Waals surface area contributed by atoms with E-state index in [-0.39, 0.29) is 26.9 Å². The fourth-order valence-corrected chi connectivity index (χ4v) is 3.66. The van der Waals surface area contributed by atoms with Crippen LogP contribution in [0.15, 0.2) is 12.1 Å². The minimum Gasteiger partial charge on any atom is -0.486 e. The number of benzene rings is 1. The Morgan fingerprint density at radius 3 is 2.43 bits per heavy atom. The second-order valence-electron chi connectivity index (χ2n) is 5.47. The molecule has 0 saturated heterocycles. The van der Waals surface area contributed by atoms with Crippen LogP contribution in [0.2, 0.25) is 10.0 Å². The molecular weight excluding hydrogens is 381 g/mol. The summed E-state index contributed by atoms with van der Waals surface area (Å²) in [5, 5.41) is 12.3. The highest BCUT2D eigenvalue weighted by Crippen LogP contribution is 2.41. The second-order valence-corrected chi connectivity index (χ2v) is 6.85. The highest BCUT2D eigenvalue weighted by atomic mass is 79.9. The third kappa shape index (κ3) is 4.02. The van der Waals surface area contributed by atoms with Gasteiger partial charge in [0.2, 0.25) is 0 Å². The van der Waals surface area contributed by atoms with E-state index in [0.29, 0.717) is 6.61 Å². The van der Waals surface area contributed by atoms with Gasteiger partial charge in [-0.25, -0.2) is 0 Å². The lowest BCUT2D eigenvalue weighted by atomic mass is 9.76. The van der Waals surface area contributed by atoms with Crippen molar-refractivity contribution in [2.45, 2.75) is 32.1 Å². The standard InChI is InChI=1S/C14H16BrCl2NO3/c15-8-14(4-2-1-3-5-14)9-21-13-7-11(17)10(16)6-12(13)18(19)20/h6-7H,1-5,8-9H2. The number of ether oxygens (including phenoxy) is 1. The van der Waals surface area contributed by atoms with E-state index in [1.165, 1.54) is 31.4 Å². The van der Waals surface area contributed by atoms with Crippen LogP contribution in [0.4, 0.5) is 5.69 Å². The molecule has 0 heterocycles. The van der Waals surface area contributed by atoms with Gasteiger partial charge in [0.15, 0.2) is 5.75 Å². The molecule has 1 aromatic rings. The van der Waals surface area contributed by atoms with Crippen LogP contribution in [0.3, 0.4) is 0 Å². The van der Waals surface area contributed by atoms with Crippen LogP contribution in [-0.4, -0.2) is 16.9 Å². The van der Waals surface area contributed by atoms with Gasteiger partial charge in [-0.3, -0.25) is 10.1 Å². The number of alkyl halides is 1. The first-order chi connectivity index (χ1) is 9.97. The molecule has 2 rings (SSSR count). The minimum absolute atomic E-state index is 0.0399. The smallest absolute Gasteiger partial charge is 0.312 e.